The molecule has 3 aliphatic rings. The molecular weight excluding hydrogens is 350 g/mol. The lowest BCUT2D eigenvalue weighted by Crippen LogP contribution is -2.48. The Labute approximate surface area is 166 Å². The molecule has 6 heteroatoms. The first-order valence-electron chi connectivity index (χ1n) is 10.4. The van der Waals surface area contributed by atoms with Gasteiger partial charge in [-0.05, 0) is 49.4 Å². The second-order valence-corrected chi connectivity index (χ2v) is 8.48. The lowest BCUT2D eigenvalue weighted by molar-refractivity contribution is 0.254. The molecule has 2 bridgehead atoms. The minimum absolute atomic E-state index is 0.109. The van der Waals surface area contributed by atoms with Crippen molar-refractivity contribution in [3.8, 4) is 0 Å². The fraction of sp³-hybridized carbons (Fsp3) is 0.500. The Hall–Kier alpha value is -2.63. The number of fused-ring (bicyclic) bond motifs is 4. The molecule has 1 saturated carbocycles. The van der Waals surface area contributed by atoms with E-state index in [9.17, 15) is 4.79 Å². The summed E-state index contributed by atoms with van der Waals surface area (Å²) in [5, 5.41) is 3.01. The van der Waals surface area contributed by atoms with Crippen molar-refractivity contribution in [3.05, 3.63) is 42.4 Å². The summed E-state index contributed by atoms with van der Waals surface area (Å²) in [5.41, 5.74) is 2.95. The van der Waals surface area contributed by atoms with E-state index < -0.39 is 0 Å². The van der Waals surface area contributed by atoms with Crippen LogP contribution in [0.15, 0.2) is 36.7 Å². The summed E-state index contributed by atoms with van der Waals surface area (Å²) >= 11 is 0. The second-order valence-electron chi connectivity index (χ2n) is 8.48. The van der Waals surface area contributed by atoms with Gasteiger partial charge in [0.25, 0.3) is 0 Å². The number of aromatic nitrogens is 2. The van der Waals surface area contributed by atoms with Gasteiger partial charge in [-0.25, -0.2) is 9.78 Å². The highest BCUT2D eigenvalue weighted by atomic mass is 16.2. The SMILES string of the molecule is CC1CCCC(c2ccc3c(n2)N(C(=O)Nc2cccnc2)[C@H]2CCN3C2)C1. The Morgan fingerprint density at radius 1 is 1.21 bits per heavy atom. The lowest BCUT2D eigenvalue weighted by Gasteiger charge is -2.36. The molecule has 2 unspecified atom stereocenters. The Balaban J connectivity index is 1.47. The molecule has 2 aromatic heterocycles. The van der Waals surface area contributed by atoms with Crippen LogP contribution in [0.25, 0.3) is 0 Å². The molecule has 28 heavy (non-hydrogen) atoms. The topological polar surface area (TPSA) is 61.4 Å². The van der Waals surface area contributed by atoms with E-state index in [0.717, 1.165) is 42.6 Å². The number of nitrogens with zero attached hydrogens (tertiary/aromatic N) is 4. The predicted octanol–water partition coefficient (Wildman–Crippen LogP) is 4.40. The maximum atomic E-state index is 13.2. The lowest BCUT2D eigenvalue weighted by atomic mass is 9.80. The minimum atomic E-state index is -0.109. The Morgan fingerprint density at radius 3 is 2.96 bits per heavy atom. The van der Waals surface area contributed by atoms with E-state index in [1.807, 2.05) is 17.0 Å². The molecule has 1 saturated heterocycles. The van der Waals surface area contributed by atoms with Crippen LogP contribution in [0.2, 0.25) is 0 Å². The van der Waals surface area contributed by atoms with E-state index in [-0.39, 0.29) is 12.1 Å². The first kappa shape index (κ1) is 17.5. The number of amides is 2. The average Bonchev–Trinajstić information content (AvgIpc) is 3.13. The van der Waals surface area contributed by atoms with Crippen LogP contribution >= 0.6 is 0 Å². The van der Waals surface area contributed by atoms with Crippen LogP contribution in [0.3, 0.4) is 0 Å². The first-order chi connectivity index (χ1) is 13.7. The number of anilines is 3. The summed E-state index contributed by atoms with van der Waals surface area (Å²) < 4.78 is 0. The fourth-order valence-corrected chi connectivity index (χ4v) is 5.04. The van der Waals surface area contributed by atoms with Crippen molar-refractivity contribution in [1.29, 1.82) is 0 Å². The molecule has 1 aliphatic carbocycles. The molecule has 5 rings (SSSR count). The summed E-state index contributed by atoms with van der Waals surface area (Å²) in [5.74, 6) is 2.08. The summed E-state index contributed by atoms with van der Waals surface area (Å²) in [6.07, 6.45) is 9.34. The Bertz CT molecular complexity index is 870. The maximum absolute atomic E-state index is 13.2. The molecule has 2 fully saturated rings. The highest BCUT2D eigenvalue weighted by Gasteiger charge is 2.40. The van der Waals surface area contributed by atoms with Crippen LogP contribution in [0.1, 0.15) is 50.6 Å². The van der Waals surface area contributed by atoms with Crippen LogP contribution in [-0.4, -0.2) is 35.1 Å². The summed E-state index contributed by atoms with van der Waals surface area (Å²) in [6, 6.07) is 8.14. The van der Waals surface area contributed by atoms with Crippen molar-refractivity contribution < 1.29 is 4.79 Å². The third-order valence-corrected chi connectivity index (χ3v) is 6.46. The summed E-state index contributed by atoms with van der Waals surface area (Å²) in [4.78, 5) is 26.6. The van der Waals surface area contributed by atoms with Crippen LogP contribution < -0.4 is 15.1 Å². The van der Waals surface area contributed by atoms with E-state index in [1.165, 1.54) is 25.7 Å². The minimum Gasteiger partial charge on any atom is -0.366 e. The van der Waals surface area contributed by atoms with Crippen LogP contribution in [0, 0.1) is 5.92 Å². The van der Waals surface area contributed by atoms with Gasteiger partial charge < -0.3 is 10.2 Å². The molecule has 0 aromatic carbocycles. The monoisotopic (exact) mass is 377 g/mol. The summed E-state index contributed by atoms with van der Waals surface area (Å²) in [6.45, 7) is 4.20. The zero-order valence-electron chi connectivity index (χ0n) is 16.3. The van der Waals surface area contributed by atoms with Gasteiger partial charge in [0.2, 0.25) is 0 Å². The van der Waals surface area contributed by atoms with E-state index in [1.54, 1.807) is 12.4 Å². The van der Waals surface area contributed by atoms with E-state index in [2.05, 4.69) is 34.3 Å². The molecule has 1 N–H and O–H groups in total. The molecule has 0 radical (unpaired) electrons. The fourth-order valence-electron chi connectivity index (χ4n) is 5.04. The number of nitrogens with one attached hydrogen (secondary N) is 1. The number of urea groups is 1. The molecule has 6 nitrogen and oxygen atoms in total. The van der Waals surface area contributed by atoms with Gasteiger partial charge in [-0.3, -0.25) is 9.88 Å². The summed E-state index contributed by atoms with van der Waals surface area (Å²) in [7, 11) is 0. The molecule has 0 spiro atoms. The molecular formula is C22H27N5O. The van der Waals surface area contributed by atoms with E-state index >= 15 is 0 Å². The van der Waals surface area contributed by atoms with Gasteiger partial charge in [0.05, 0.1) is 23.6 Å². The number of rotatable bonds is 2. The molecule has 146 valence electrons. The Kier molecular flexibility index (Phi) is 4.41. The average molecular weight is 377 g/mol. The number of carbonyl (C=O) groups excluding carboxylic acids is 1. The van der Waals surface area contributed by atoms with Crippen molar-refractivity contribution in [2.24, 2.45) is 5.92 Å². The molecule has 3 atom stereocenters. The Morgan fingerprint density at radius 2 is 2.14 bits per heavy atom. The number of pyridine rings is 2. The standard InChI is InChI=1S/C22H27N5O/c1-15-4-2-5-16(12-15)19-7-8-20-21(25-19)27(18-9-11-26(20)14-18)22(28)24-17-6-3-10-23-13-17/h3,6-8,10,13,15-16,18H,2,4-5,9,11-12,14H2,1H3,(H,24,28)/t15?,16?,18-/m0/s1. The van der Waals surface area contributed by atoms with Crippen molar-refractivity contribution in [3.63, 3.8) is 0 Å². The van der Waals surface area contributed by atoms with Gasteiger partial charge in [-0.1, -0.05) is 19.8 Å². The van der Waals surface area contributed by atoms with Gasteiger partial charge in [-0.15, -0.1) is 0 Å². The van der Waals surface area contributed by atoms with Crippen molar-refractivity contribution >= 4 is 23.2 Å². The highest BCUT2D eigenvalue weighted by Crippen LogP contribution is 2.42. The van der Waals surface area contributed by atoms with Gasteiger partial charge in [0, 0.05) is 30.9 Å². The van der Waals surface area contributed by atoms with Crippen molar-refractivity contribution in [2.75, 3.05) is 28.2 Å². The zero-order chi connectivity index (χ0) is 19.1. The van der Waals surface area contributed by atoms with Crippen molar-refractivity contribution in [2.45, 2.75) is 51.0 Å². The molecule has 4 heterocycles. The number of carbonyl (C=O) groups is 1. The van der Waals surface area contributed by atoms with Crippen LogP contribution in [0.5, 0.6) is 0 Å². The van der Waals surface area contributed by atoms with Crippen LogP contribution in [-0.2, 0) is 0 Å². The number of hydrogen-bond donors (Lipinski definition) is 1. The third-order valence-electron chi connectivity index (χ3n) is 6.46. The van der Waals surface area contributed by atoms with Gasteiger partial charge in [0.15, 0.2) is 5.82 Å². The van der Waals surface area contributed by atoms with Gasteiger partial charge in [-0.2, -0.15) is 0 Å². The van der Waals surface area contributed by atoms with E-state index in [4.69, 9.17) is 4.98 Å². The highest BCUT2D eigenvalue weighted by molar-refractivity contribution is 6.04. The quantitative estimate of drug-likeness (QED) is 0.843. The van der Waals surface area contributed by atoms with Gasteiger partial charge >= 0.3 is 6.03 Å². The predicted molar refractivity (Wildman–Crippen MR) is 111 cm³/mol. The third kappa shape index (κ3) is 3.11. The largest absolute Gasteiger partial charge is 0.366 e. The smallest absolute Gasteiger partial charge is 0.327 e. The molecule has 2 aliphatic heterocycles. The van der Waals surface area contributed by atoms with E-state index in [0.29, 0.717) is 11.6 Å². The molecule has 2 amide bonds. The normalized spacial score (nSPS) is 26.1. The van der Waals surface area contributed by atoms with Crippen LogP contribution in [0.4, 0.5) is 22.0 Å². The second kappa shape index (κ2) is 7.08. The van der Waals surface area contributed by atoms with Gasteiger partial charge in [0.1, 0.15) is 0 Å². The number of hydrogen-bond acceptors (Lipinski definition) is 4. The van der Waals surface area contributed by atoms with Crippen molar-refractivity contribution in [1.82, 2.24) is 9.97 Å². The maximum Gasteiger partial charge on any atom is 0.327 e. The molecule has 2 aromatic rings. The first-order valence-corrected chi connectivity index (χ1v) is 10.4. The zero-order valence-corrected chi connectivity index (χ0v) is 16.3.